The summed E-state index contributed by atoms with van der Waals surface area (Å²) in [5.74, 6) is -0.0322. The quantitative estimate of drug-likeness (QED) is 0.575. The molecule has 2 aliphatic rings. The zero-order valence-corrected chi connectivity index (χ0v) is 18.5. The molecule has 0 bridgehead atoms. The van der Waals surface area contributed by atoms with Gasteiger partial charge < -0.3 is 4.42 Å². The second-order valence-electron chi connectivity index (χ2n) is 7.60. The summed E-state index contributed by atoms with van der Waals surface area (Å²) >= 11 is 0.820. The standard InChI is InChI=1S/C22H19N3O5S2/c26-21-19(31-22(27)24-21)11-16-10-15-12-23-13-18(20(15)30-16)14-4-6-17(7-5-14)32(28,29)25-8-2-1-3-9-25/h4-7,10-13H,1-3,8-9H2,(H,24,26,27)/b19-11+. The summed E-state index contributed by atoms with van der Waals surface area (Å²) in [5.41, 5.74) is 2.03. The molecule has 2 saturated heterocycles. The Kier molecular flexibility index (Phi) is 5.36. The summed E-state index contributed by atoms with van der Waals surface area (Å²) in [6.07, 6.45) is 7.64. The van der Waals surface area contributed by atoms with Crippen molar-refractivity contribution in [1.29, 1.82) is 0 Å². The van der Waals surface area contributed by atoms with Crippen molar-refractivity contribution in [3.8, 4) is 11.1 Å². The molecule has 2 aromatic heterocycles. The number of piperidine rings is 1. The van der Waals surface area contributed by atoms with Gasteiger partial charge >= 0.3 is 0 Å². The van der Waals surface area contributed by atoms with Crippen LogP contribution >= 0.6 is 11.8 Å². The molecule has 0 aliphatic carbocycles. The maximum Gasteiger partial charge on any atom is 0.290 e. The average Bonchev–Trinajstić information content (AvgIpc) is 3.35. The van der Waals surface area contributed by atoms with Crippen molar-refractivity contribution in [2.45, 2.75) is 24.2 Å². The number of hydrogen-bond acceptors (Lipinski definition) is 7. The van der Waals surface area contributed by atoms with Crippen molar-refractivity contribution in [3.63, 3.8) is 0 Å². The van der Waals surface area contributed by atoms with Crippen LogP contribution in [0.1, 0.15) is 25.0 Å². The van der Waals surface area contributed by atoms with Gasteiger partial charge in [-0.3, -0.25) is 19.9 Å². The fourth-order valence-electron chi connectivity index (χ4n) is 3.87. The zero-order valence-electron chi connectivity index (χ0n) is 16.9. The van der Waals surface area contributed by atoms with Crippen molar-refractivity contribution in [3.05, 3.63) is 53.4 Å². The number of aromatic nitrogens is 1. The zero-order chi connectivity index (χ0) is 22.3. The molecule has 5 rings (SSSR count). The molecule has 8 nitrogen and oxygen atoms in total. The Hall–Kier alpha value is -2.95. The van der Waals surface area contributed by atoms with E-state index in [1.807, 2.05) is 0 Å². The minimum Gasteiger partial charge on any atom is -0.456 e. The van der Waals surface area contributed by atoms with E-state index in [4.69, 9.17) is 4.42 Å². The van der Waals surface area contributed by atoms with Gasteiger partial charge in [-0.25, -0.2) is 8.42 Å². The van der Waals surface area contributed by atoms with Crippen LogP contribution in [-0.4, -0.2) is 41.9 Å². The summed E-state index contributed by atoms with van der Waals surface area (Å²) in [6.45, 7) is 1.11. The molecule has 1 N–H and O–H groups in total. The van der Waals surface area contributed by atoms with E-state index in [0.717, 1.165) is 42.0 Å². The first-order chi connectivity index (χ1) is 15.4. The topological polar surface area (TPSA) is 110 Å². The number of furan rings is 1. The third-order valence-corrected chi connectivity index (χ3v) is 8.20. The smallest absolute Gasteiger partial charge is 0.290 e. The second-order valence-corrected chi connectivity index (χ2v) is 10.5. The van der Waals surface area contributed by atoms with Crippen LogP contribution in [0.15, 0.2) is 56.9 Å². The third kappa shape index (κ3) is 3.85. The Morgan fingerprint density at radius 2 is 1.81 bits per heavy atom. The number of sulfonamides is 1. The fourth-order valence-corrected chi connectivity index (χ4v) is 6.05. The molecule has 0 saturated carbocycles. The van der Waals surface area contributed by atoms with Crippen molar-refractivity contribution >= 4 is 50.0 Å². The van der Waals surface area contributed by atoms with Gasteiger partial charge in [-0.05, 0) is 48.4 Å². The van der Waals surface area contributed by atoms with E-state index in [2.05, 4.69) is 10.3 Å². The first kappa shape index (κ1) is 20.9. The van der Waals surface area contributed by atoms with E-state index in [0.29, 0.717) is 30.0 Å². The van der Waals surface area contributed by atoms with E-state index >= 15 is 0 Å². The number of benzene rings is 1. The third-order valence-electron chi connectivity index (χ3n) is 5.48. The lowest BCUT2D eigenvalue weighted by Gasteiger charge is -2.25. The number of rotatable bonds is 4. The SMILES string of the molecule is O=C1NC(=O)/C(=C\c2cc3cncc(-c4ccc(S(=O)(=O)N5CCCCC5)cc4)c3o2)S1. The van der Waals surface area contributed by atoms with Gasteiger partial charge in [0.05, 0.1) is 9.80 Å². The van der Waals surface area contributed by atoms with E-state index in [1.165, 1.54) is 6.08 Å². The minimum atomic E-state index is -3.50. The van der Waals surface area contributed by atoms with Crippen LogP contribution < -0.4 is 5.32 Å². The molecule has 3 aromatic rings. The second kappa shape index (κ2) is 8.19. The molecular weight excluding hydrogens is 450 g/mol. The number of thioether (sulfide) groups is 1. The number of imide groups is 1. The maximum absolute atomic E-state index is 12.9. The molecule has 2 aliphatic heterocycles. The van der Waals surface area contributed by atoms with E-state index in [1.54, 1.807) is 47.0 Å². The summed E-state index contributed by atoms with van der Waals surface area (Å²) in [5, 5.41) is 2.52. The summed E-state index contributed by atoms with van der Waals surface area (Å²) in [7, 11) is -3.50. The van der Waals surface area contributed by atoms with Crippen molar-refractivity contribution in [2.24, 2.45) is 0 Å². The predicted octanol–water partition coefficient (Wildman–Crippen LogP) is 3.99. The highest BCUT2D eigenvalue weighted by Crippen LogP contribution is 2.33. The van der Waals surface area contributed by atoms with Crippen LogP contribution in [0.2, 0.25) is 0 Å². The molecule has 10 heteroatoms. The molecule has 0 radical (unpaired) electrons. The number of amides is 2. The van der Waals surface area contributed by atoms with Crippen LogP contribution in [0.5, 0.6) is 0 Å². The van der Waals surface area contributed by atoms with Crippen LogP contribution in [0.3, 0.4) is 0 Å². The normalized spacial score (nSPS) is 19.1. The molecule has 1 aromatic carbocycles. The van der Waals surface area contributed by atoms with E-state index in [-0.39, 0.29) is 9.80 Å². The molecule has 2 amide bonds. The lowest BCUT2D eigenvalue weighted by Crippen LogP contribution is -2.35. The van der Waals surface area contributed by atoms with Crippen molar-refractivity contribution in [1.82, 2.24) is 14.6 Å². The van der Waals surface area contributed by atoms with Crippen LogP contribution in [0, 0.1) is 0 Å². The van der Waals surface area contributed by atoms with Crippen LogP contribution in [0.4, 0.5) is 4.79 Å². The van der Waals surface area contributed by atoms with Crippen molar-refractivity contribution in [2.75, 3.05) is 13.1 Å². The number of nitrogens with one attached hydrogen (secondary N) is 1. The molecule has 2 fully saturated rings. The molecule has 0 spiro atoms. The lowest BCUT2D eigenvalue weighted by atomic mass is 10.1. The summed E-state index contributed by atoms with van der Waals surface area (Å²) in [6, 6.07) is 8.44. The Morgan fingerprint density at radius 3 is 2.50 bits per heavy atom. The Bertz CT molecular complexity index is 1350. The van der Waals surface area contributed by atoms with Gasteiger partial charge in [0, 0.05) is 42.5 Å². The van der Waals surface area contributed by atoms with E-state index in [9.17, 15) is 18.0 Å². The van der Waals surface area contributed by atoms with Gasteiger partial charge in [0.1, 0.15) is 11.3 Å². The highest BCUT2D eigenvalue weighted by atomic mass is 32.2. The lowest BCUT2D eigenvalue weighted by molar-refractivity contribution is -0.115. The molecular formula is C22H19N3O5S2. The van der Waals surface area contributed by atoms with E-state index < -0.39 is 21.2 Å². The molecule has 4 heterocycles. The number of fused-ring (bicyclic) bond motifs is 1. The fraction of sp³-hybridized carbons (Fsp3) is 0.227. The van der Waals surface area contributed by atoms with Gasteiger partial charge in [0.25, 0.3) is 11.1 Å². The summed E-state index contributed by atoms with van der Waals surface area (Å²) < 4.78 is 33.3. The number of hydrogen-bond donors (Lipinski definition) is 1. The molecule has 164 valence electrons. The van der Waals surface area contributed by atoms with Gasteiger partial charge in [-0.1, -0.05) is 18.6 Å². The first-order valence-electron chi connectivity index (χ1n) is 10.1. The molecule has 0 unspecified atom stereocenters. The Morgan fingerprint density at radius 1 is 1.06 bits per heavy atom. The largest absolute Gasteiger partial charge is 0.456 e. The molecule has 0 atom stereocenters. The Labute approximate surface area is 188 Å². The van der Waals surface area contributed by atoms with Gasteiger partial charge in [0.15, 0.2) is 0 Å². The summed E-state index contributed by atoms with van der Waals surface area (Å²) in [4.78, 5) is 27.9. The average molecular weight is 470 g/mol. The molecule has 32 heavy (non-hydrogen) atoms. The number of pyridine rings is 1. The number of nitrogens with zero attached hydrogens (tertiary/aromatic N) is 2. The number of carbonyl (C=O) groups is 2. The van der Waals surface area contributed by atoms with Gasteiger partial charge in [-0.2, -0.15) is 4.31 Å². The van der Waals surface area contributed by atoms with Gasteiger partial charge in [-0.15, -0.1) is 0 Å². The monoisotopic (exact) mass is 469 g/mol. The first-order valence-corrected chi connectivity index (χ1v) is 12.4. The van der Waals surface area contributed by atoms with Crippen LogP contribution in [0.25, 0.3) is 28.2 Å². The van der Waals surface area contributed by atoms with Crippen LogP contribution in [-0.2, 0) is 14.8 Å². The van der Waals surface area contributed by atoms with Crippen molar-refractivity contribution < 1.29 is 22.4 Å². The number of carbonyl (C=O) groups excluding carboxylic acids is 2. The van der Waals surface area contributed by atoms with Gasteiger partial charge in [0.2, 0.25) is 10.0 Å². The Balaban J connectivity index is 1.47. The highest BCUT2D eigenvalue weighted by Gasteiger charge is 2.27. The maximum atomic E-state index is 12.9. The highest BCUT2D eigenvalue weighted by molar-refractivity contribution is 8.18. The predicted molar refractivity (Wildman–Crippen MR) is 121 cm³/mol. The minimum absolute atomic E-state index is 0.260.